The Morgan fingerprint density at radius 3 is 2.24 bits per heavy atom. The summed E-state index contributed by atoms with van der Waals surface area (Å²) in [4.78, 5) is 25.6. The molecule has 1 aliphatic heterocycles. The predicted molar refractivity (Wildman–Crippen MR) is 80.1 cm³/mol. The molecule has 0 unspecified atom stereocenters. The lowest BCUT2D eigenvalue weighted by Crippen LogP contribution is -2.57. The second-order valence-electron chi connectivity index (χ2n) is 7.40. The van der Waals surface area contributed by atoms with Gasteiger partial charge < -0.3 is 20.3 Å². The van der Waals surface area contributed by atoms with Crippen molar-refractivity contribution in [2.75, 3.05) is 13.1 Å². The second-order valence-corrected chi connectivity index (χ2v) is 7.40. The number of amides is 3. The van der Waals surface area contributed by atoms with Crippen molar-refractivity contribution in [1.82, 2.24) is 15.5 Å². The minimum Gasteiger partial charge on any atom is -0.444 e. The van der Waals surface area contributed by atoms with Gasteiger partial charge in [-0.3, -0.25) is 0 Å². The van der Waals surface area contributed by atoms with Crippen molar-refractivity contribution in [2.24, 2.45) is 0 Å². The van der Waals surface area contributed by atoms with Gasteiger partial charge in [-0.1, -0.05) is 0 Å². The highest BCUT2D eigenvalue weighted by molar-refractivity contribution is 5.75. The summed E-state index contributed by atoms with van der Waals surface area (Å²) in [5, 5.41) is 5.98. The molecule has 0 bridgehead atoms. The average molecular weight is 297 g/mol. The number of nitrogens with one attached hydrogen (secondary N) is 2. The Bertz CT molecular complexity index is 405. The number of nitrogens with zero attached hydrogens (tertiary/aromatic N) is 1. The van der Waals surface area contributed by atoms with E-state index in [-0.39, 0.29) is 17.7 Å². The summed E-state index contributed by atoms with van der Waals surface area (Å²) in [6.45, 7) is 8.84. The molecule has 6 nitrogen and oxygen atoms in total. The zero-order valence-electron chi connectivity index (χ0n) is 13.5. The zero-order chi connectivity index (χ0) is 15.7. The van der Waals surface area contributed by atoms with Crippen molar-refractivity contribution in [3.63, 3.8) is 0 Å². The molecule has 2 aliphatic rings. The van der Waals surface area contributed by atoms with E-state index in [0.717, 1.165) is 25.7 Å². The molecule has 1 saturated heterocycles. The van der Waals surface area contributed by atoms with E-state index < -0.39 is 5.60 Å². The Labute approximate surface area is 126 Å². The molecule has 0 spiro atoms. The normalized spacial score (nSPS) is 21.6. The third kappa shape index (κ3) is 5.10. The summed E-state index contributed by atoms with van der Waals surface area (Å²) in [6, 6.07) is 0.265. The molecule has 6 heteroatoms. The maximum absolute atomic E-state index is 12.0. The van der Waals surface area contributed by atoms with Gasteiger partial charge in [-0.25, -0.2) is 9.59 Å². The number of hydrogen-bond donors (Lipinski definition) is 2. The predicted octanol–water partition coefficient (Wildman–Crippen LogP) is 2.24. The topological polar surface area (TPSA) is 70.7 Å². The van der Waals surface area contributed by atoms with Crippen molar-refractivity contribution in [3.8, 4) is 0 Å². The van der Waals surface area contributed by atoms with Crippen molar-refractivity contribution >= 4 is 12.1 Å². The SMILES string of the molecule is CC1(NC(=O)NC2CC2)CCN(C(=O)OC(C)(C)C)CC1. The maximum Gasteiger partial charge on any atom is 0.410 e. The van der Waals surface area contributed by atoms with Crippen molar-refractivity contribution < 1.29 is 14.3 Å². The molecule has 0 radical (unpaired) electrons. The van der Waals surface area contributed by atoms with Crippen LogP contribution in [0.5, 0.6) is 0 Å². The van der Waals surface area contributed by atoms with Crippen LogP contribution in [0.25, 0.3) is 0 Å². The highest BCUT2D eigenvalue weighted by atomic mass is 16.6. The van der Waals surface area contributed by atoms with Gasteiger partial charge in [-0.2, -0.15) is 0 Å². The molecular formula is C15H27N3O3. The van der Waals surface area contributed by atoms with Gasteiger partial charge in [-0.15, -0.1) is 0 Å². The highest BCUT2D eigenvalue weighted by Crippen LogP contribution is 2.24. The van der Waals surface area contributed by atoms with Gasteiger partial charge in [0.1, 0.15) is 5.60 Å². The fourth-order valence-corrected chi connectivity index (χ4v) is 2.36. The van der Waals surface area contributed by atoms with Crippen LogP contribution in [0, 0.1) is 0 Å². The Hall–Kier alpha value is -1.46. The first-order valence-corrected chi connectivity index (χ1v) is 7.73. The first kappa shape index (κ1) is 15.9. The van der Waals surface area contributed by atoms with Gasteiger partial charge >= 0.3 is 12.1 Å². The second kappa shape index (κ2) is 5.73. The molecule has 0 aromatic heterocycles. The zero-order valence-corrected chi connectivity index (χ0v) is 13.5. The molecule has 3 amide bonds. The quantitative estimate of drug-likeness (QED) is 0.821. The molecule has 120 valence electrons. The third-order valence-corrected chi connectivity index (χ3v) is 3.85. The van der Waals surface area contributed by atoms with Gasteiger partial charge in [0.15, 0.2) is 0 Å². The summed E-state index contributed by atoms with van der Waals surface area (Å²) in [6.07, 6.45) is 3.37. The Morgan fingerprint density at radius 1 is 1.19 bits per heavy atom. The number of ether oxygens (including phenoxy) is 1. The molecule has 0 aromatic carbocycles. The van der Waals surface area contributed by atoms with Crippen LogP contribution < -0.4 is 10.6 Å². The Kier molecular flexibility index (Phi) is 4.35. The number of hydrogen-bond acceptors (Lipinski definition) is 3. The van der Waals surface area contributed by atoms with E-state index in [0.29, 0.717) is 19.1 Å². The summed E-state index contributed by atoms with van der Waals surface area (Å²) < 4.78 is 5.37. The smallest absolute Gasteiger partial charge is 0.410 e. The van der Waals surface area contributed by atoms with Gasteiger partial charge in [0.25, 0.3) is 0 Å². The van der Waals surface area contributed by atoms with E-state index in [2.05, 4.69) is 10.6 Å². The van der Waals surface area contributed by atoms with Crippen LogP contribution in [0.2, 0.25) is 0 Å². The van der Waals surface area contributed by atoms with E-state index in [1.165, 1.54) is 0 Å². The summed E-state index contributed by atoms with van der Waals surface area (Å²) in [5.74, 6) is 0. The van der Waals surface area contributed by atoms with Crippen LogP contribution in [-0.4, -0.2) is 47.3 Å². The molecule has 21 heavy (non-hydrogen) atoms. The minimum absolute atomic E-state index is 0.0919. The fourth-order valence-electron chi connectivity index (χ4n) is 2.36. The number of likely N-dealkylation sites (tertiary alicyclic amines) is 1. The molecule has 1 heterocycles. The third-order valence-electron chi connectivity index (χ3n) is 3.85. The van der Waals surface area contributed by atoms with Crippen molar-refractivity contribution in [3.05, 3.63) is 0 Å². The Balaban J connectivity index is 1.78. The van der Waals surface area contributed by atoms with Gasteiger partial charge in [0.05, 0.1) is 0 Å². The van der Waals surface area contributed by atoms with E-state index in [9.17, 15) is 9.59 Å². The van der Waals surface area contributed by atoms with Crippen LogP contribution >= 0.6 is 0 Å². The lowest BCUT2D eigenvalue weighted by molar-refractivity contribution is 0.0164. The average Bonchev–Trinajstić information content (AvgIpc) is 3.10. The minimum atomic E-state index is -0.472. The molecule has 1 aliphatic carbocycles. The molecular weight excluding hydrogens is 270 g/mol. The van der Waals surface area contributed by atoms with E-state index >= 15 is 0 Å². The Morgan fingerprint density at radius 2 is 1.76 bits per heavy atom. The van der Waals surface area contributed by atoms with E-state index in [1.807, 2.05) is 27.7 Å². The van der Waals surface area contributed by atoms with Crippen molar-refractivity contribution in [1.29, 1.82) is 0 Å². The van der Waals surface area contributed by atoms with Gasteiger partial charge in [-0.05, 0) is 53.4 Å². The summed E-state index contributed by atoms with van der Waals surface area (Å²) in [7, 11) is 0. The van der Waals surface area contributed by atoms with Gasteiger partial charge in [0.2, 0.25) is 0 Å². The number of urea groups is 1. The summed E-state index contributed by atoms with van der Waals surface area (Å²) in [5.41, 5.74) is -0.724. The number of piperidine rings is 1. The maximum atomic E-state index is 12.0. The monoisotopic (exact) mass is 297 g/mol. The van der Waals surface area contributed by atoms with E-state index in [1.54, 1.807) is 4.90 Å². The lowest BCUT2D eigenvalue weighted by atomic mass is 9.90. The number of carbonyl (C=O) groups is 2. The molecule has 1 saturated carbocycles. The van der Waals surface area contributed by atoms with Crippen LogP contribution in [0.1, 0.15) is 53.4 Å². The number of rotatable bonds is 2. The standard InChI is InChI=1S/C15H27N3O3/c1-14(2,3)21-13(20)18-9-7-15(4,8-10-18)17-12(19)16-11-5-6-11/h11H,5-10H2,1-4H3,(H2,16,17,19). The van der Waals surface area contributed by atoms with Crippen LogP contribution in [0.15, 0.2) is 0 Å². The van der Waals surface area contributed by atoms with Crippen LogP contribution in [-0.2, 0) is 4.74 Å². The number of carbonyl (C=O) groups excluding carboxylic acids is 2. The van der Waals surface area contributed by atoms with E-state index in [4.69, 9.17) is 4.74 Å². The summed E-state index contributed by atoms with van der Waals surface area (Å²) >= 11 is 0. The van der Waals surface area contributed by atoms with Gasteiger partial charge in [0, 0.05) is 24.7 Å². The molecule has 0 aromatic rings. The lowest BCUT2D eigenvalue weighted by Gasteiger charge is -2.40. The highest BCUT2D eigenvalue weighted by Gasteiger charge is 2.35. The van der Waals surface area contributed by atoms with Crippen LogP contribution in [0.4, 0.5) is 9.59 Å². The molecule has 2 N–H and O–H groups in total. The van der Waals surface area contributed by atoms with Crippen molar-refractivity contribution in [2.45, 2.75) is 70.6 Å². The first-order valence-electron chi connectivity index (χ1n) is 7.73. The fraction of sp³-hybridized carbons (Fsp3) is 0.867. The molecule has 0 atom stereocenters. The largest absolute Gasteiger partial charge is 0.444 e. The molecule has 2 rings (SSSR count). The first-order chi connectivity index (χ1) is 9.67. The van der Waals surface area contributed by atoms with Crippen LogP contribution in [0.3, 0.4) is 0 Å². The molecule has 2 fully saturated rings.